The fraction of sp³-hybridized carbons (Fsp3) is 0.300. The summed E-state index contributed by atoms with van der Waals surface area (Å²) in [7, 11) is 1.33. The lowest BCUT2D eigenvalue weighted by atomic mass is 10.1. The lowest BCUT2D eigenvalue weighted by molar-refractivity contribution is -0.384. The second-order valence-electron chi connectivity index (χ2n) is 3.25. The van der Waals surface area contributed by atoms with E-state index in [0.29, 0.717) is 0 Å². The standard InChI is InChI=1S/C10H10N3O5/c1-6(14)18-5-7-9(17-2)4-3-8(12-11)10(7)13(15)16/h3-4H,5H2,1-2H3/q+1. The summed E-state index contributed by atoms with van der Waals surface area (Å²) in [6.07, 6.45) is 0. The van der Waals surface area contributed by atoms with Crippen molar-refractivity contribution in [3.63, 3.8) is 0 Å². The Kier molecular flexibility index (Phi) is 4.15. The average molecular weight is 252 g/mol. The fourth-order valence-corrected chi connectivity index (χ4v) is 1.39. The molecule has 8 nitrogen and oxygen atoms in total. The molecule has 0 aliphatic carbocycles. The van der Waals surface area contributed by atoms with E-state index in [1.165, 1.54) is 26.2 Å². The smallest absolute Gasteiger partial charge is 0.461 e. The molecule has 0 aliphatic rings. The Morgan fingerprint density at radius 2 is 2.22 bits per heavy atom. The van der Waals surface area contributed by atoms with Gasteiger partial charge in [0.05, 0.1) is 12.0 Å². The number of carbonyl (C=O) groups is 1. The lowest BCUT2D eigenvalue weighted by Gasteiger charge is -2.07. The Hall–Kier alpha value is -2.69. The van der Waals surface area contributed by atoms with E-state index in [4.69, 9.17) is 14.9 Å². The molecule has 0 saturated heterocycles. The van der Waals surface area contributed by atoms with Gasteiger partial charge >= 0.3 is 17.3 Å². The number of diazo groups is 1. The molecular formula is C10H10N3O5+. The van der Waals surface area contributed by atoms with Gasteiger partial charge in [-0.3, -0.25) is 14.9 Å². The first-order valence-corrected chi connectivity index (χ1v) is 4.84. The Labute approximate surface area is 102 Å². The summed E-state index contributed by atoms with van der Waals surface area (Å²) >= 11 is 0. The highest BCUT2D eigenvalue weighted by Crippen LogP contribution is 2.37. The van der Waals surface area contributed by atoms with E-state index in [9.17, 15) is 14.9 Å². The lowest BCUT2D eigenvalue weighted by Crippen LogP contribution is -2.04. The van der Waals surface area contributed by atoms with Crippen LogP contribution in [0.2, 0.25) is 0 Å². The number of nitrogens with zero attached hydrogens (tertiary/aromatic N) is 3. The quantitative estimate of drug-likeness (QED) is 0.351. The number of methoxy groups -OCH3 is 1. The number of nitro groups is 1. The van der Waals surface area contributed by atoms with Crippen LogP contribution in [0.5, 0.6) is 5.75 Å². The van der Waals surface area contributed by atoms with Crippen LogP contribution in [0.3, 0.4) is 0 Å². The van der Waals surface area contributed by atoms with Crippen LogP contribution in [-0.2, 0) is 16.1 Å². The van der Waals surface area contributed by atoms with Crippen molar-refractivity contribution in [1.82, 2.24) is 0 Å². The van der Waals surface area contributed by atoms with Crippen molar-refractivity contribution >= 4 is 17.3 Å². The molecule has 0 bridgehead atoms. The van der Waals surface area contributed by atoms with Gasteiger partial charge in [0.15, 0.2) is 4.98 Å². The van der Waals surface area contributed by atoms with Crippen LogP contribution in [0.4, 0.5) is 11.4 Å². The summed E-state index contributed by atoms with van der Waals surface area (Å²) in [5.74, 6) is -0.409. The molecule has 0 spiro atoms. The third-order valence-electron chi connectivity index (χ3n) is 2.15. The maximum Gasteiger partial charge on any atom is 0.461 e. The van der Waals surface area contributed by atoms with Crippen LogP contribution < -0.4 is 4.74 Å². The van der Waals surface area contributed by atoms with Crippen molar-refractivity contribution in [2.45, 2.75) is 13.5 Å². The van der Waals surface area contributed by atoms with E-state index in [-0.39, 0.29) is 23.6 Å². The topological polar surface area (TPSA) is 107 Å². The van der Waals surface area contributed by atoms with E-state index in [0.717, 1.165) is 0 Å². The maximum absolute atomic E-state index is 11.0. The van der Waals surface area contributed by atoms with Crippen molar-refractivity contribution in [2.24, 2.45) is 0 Å². The largest absolute Gasteiger partial charge is 0.496 e. The Morgan fingerprint density at radius 3 is 2.67 bits per heavy atom. The Balaban J connectivity index is 3.36. The van der Waals surface area contributed by atoms with Crippen LogP contribution in [0.1, 0.15) is 12.5 Å². The first-order chi connectivity index (χ1) is 8.51. The number of hydrogen-bond acceptors (Lipinski definition) is 6. The highest BCUT2D eigenvalue weighted by molar-refractivity contribution is 5.70. The molecule has 94 valence electrons. The van der Waals surface area contributed by atoms with Gasteiger partial charge in [-0.15, -0.1) is 0 Å². The van der Waals surface area contributed by atoms with Crippen molar-refractivity contribution in [3.8, 4) is 5.75 Å². The normalized spacial score (nSPS) is 9.39. The molecule has 0 radical (unpaired) electrons. The van der Waals surface area contributed by atoms with Gasteiger partial charge in [-0.2, -0.15) is 0 Å². The van der Waals surface area contributed by atoms with Gasteiger partial charge in [-0.25, -0.2) is 0 Å². The van der Waals surface area contributed by atoms with E-state index in [1.54, 1.807) is 0 Å². The maximum atomic E-state index is 11.0. The van der Waals surface area contributed by atoms with Crippen LogP contribution in [0.15, 0.2) is 12.1 Å². The highest BCUT2D eigenvalue weighted by atomic mass is 16.6. The van der Waals surface area contributed by atoms with Crippen LogP contribution in [0, 0.1) is 15.5 Å². The average Bonchev–Trinajstić information content (AvgIpc) is 2.34. The van der Waals surface area contributed by atoms with Crippen LogP contribution in [-0.4, -0.2) is 18.0 Å². The monoisotopic (exact) mass is 252 g/mol. The van der Waals surface area contributed by atoms with Gasteiger partial charge in [0.2, 0.25) is 5.39 Å². The number of carbonyl (C=O) groups excluding carboxylic acids is 1. The number of nitro benzene ring substituents is 1. The van der Waals surface area contributed by atoms with E-state index in [2.05, 4.69) is 4.98 Å². The van der Waals surface area contributed by atoms with Gasteiger partial charge in [0, 0.05) is 13.0 Å². The summed E-state index contributed by atoms with van der Waals surface area (Å²) < 4.78 is 9.66. The molecule has 0 N–H and O–H groups in total. The zero-order valence-electron chi connectivity index (χ0n) is 9.74. The summed E-state index contributed by atoms with van der Waals surface area (Å²) in [5.41, 5.74) is -0.658. The second-order valence-corrected chi connectivity index (χ2v) is 3.25. The Morgan fingerprint density at radius 1 is 1.56 bits per heavy atom. The SMILES string of the molecule is COc1ccc([N+]#N)c([N+](=O)[O-])c1COC(C)=O. The number of ether oxygens (including phenoxy) is 2. The molecule has 1 aromatic rings. The molecule has 0 aromatic heterocycles. The molecule has 8 heteroatoms. The van der Waals surface area contributed by atoms with Gasteiger partial charge in [0.25, 0.3) is 0 Å². The Bertz CT molecular complexity index is 535. The highest BCUT2D eigenvalue weighted by Gasteiger charge is 2.32. The molecule has 0 atom stereocenters. The van der Waals surface area contributed by atoms with Crippen molar-refractivity contribution in [2.75, 3.05) is 7.11 Å². The molecule has 18 heavy (non-hydrogen) atoms. The number of benzene rings is 1. The summed E-state index contributed by atoms with van der Waals surface area (Å²) in [5, 5.41) is 19.7. The summed E-state index contributed by atoms with van der Waals surface area (Å²) in [6.45, 7) is 0.844. The molecule has 0 amide bonds. The second kappa shape index (κ2) is 5.58. The molecule has 1 rings (SSSR count). The van der Waals surface area contributed by atoms with Crippen LogP contribution >= 0.6 is 0 Å². The summed E-state index contributed by atoms with van der Waals surface area (Å²) in [4.78, 5) is 23.8. The molecule has 1 aromatic carbocycles. The van der Waals surface area contributed by atoms with Crippen molar-refractivity contribution < 1.29 is 19.2 Å². The third kappa shape index (κ3) is 2.70. The van der Waals surface area contributed by atoms with E-state index in [1.807, 2.05) is 0 Å². The zero-order valence-corrected chi connectivity index (χ0v) is 9.74. The predicted molar refractivity (Wildman–Crippen MR) is 59.9 cm³/mol. The van der Waals surface area contributed by atoms with Crippen LogP contribution in [0.25, 0.3) is 4.98 Å². The van der Waals surface area contributed by atoms with Gasteiger partial charge < -0.3 is 9.47 Å². The third-order valence-corrected chi connectivity index (χ3v) is 2.15. The zero-order chi connectivity index (χ0) is 13.7. The van der Waals surface area contributed by atoms with Gasteiger partial charge in [-0.1, -0.05) is 0 Å². The number of rotatable bonds is 4. The van der Waals surface area contributed by atoms with Gasteiger partial charge in [0.1, 0.15) is 17.9 Å². The first kappa shape index (κ1) is 13.4. The van der Waals surface area contributed by atoms with E-state index >= 15 is 0 Å². The predicted octanol–water partition coefficient (Wildman–Crippen LogP) is 2.15. The summed E-state index contributed by atoms with van der Waals surface area (Å²) in [6, 6.07) is 2.62. The molecule has 0 unspecified atom stereocenters. The van der Waals surface area contributed by atoms with E-state index < -0.39 is 16.6 Å². The van der Waals surface area contributed by atoms with Crippen molar-refractivity contribution in [3.05, 3.63) is 32.8 Å². The molecule has 0 fully saturated rings. The molecule has 0 saturated carbocycles. The van der Waals surface area contributed by atoms with Gasteiger partial charge in [-0.05, 0) is 6.07 Å². The minimum atomic E-state index is -0.726. The molecule has 0 aliphatic heterocycles. The fourth-order valence-electron chi connectivity index (χ4n) is 1.39. The number of hydrogen-bond donors (Lipinski definition) is 0. The first-order valence-electron chi connectivity index (χ1n) is 4.84. The minimum absolute atomic E-state index is 0.0352. The molecule has 0 heterocycles. The molecular weight excluding hydrogens is 242 g/mol. The number of esters is 1. The minimum Gasteiger partial charge on any atom is -0.496 e. The van der Waals surface area contributed by atoms with Crippen molar-refractivity contribution in [1.29, 1.82) is 5.39 Å².